The van der Waals surface area contributed by atoms with Crippen LogP contribution in [-0.4, -0.2) is 45.9 Å². The fourth-order valence-corrected chi connectivity index (χ4v) is 1.88. The minimum absolute atomic E-state index is 0.0619. The molecule has 1 fully saturated rings. The van der Waals surface area contributed by atoms with Gasteiger partial charge >= 0.3 is 5.97 Å². The number of carboxylic acid groups (broad SMARTS) is 1. The van der Waals surface area contributed by atoms with Crippen molar-refractivity contribution in [2.24, 2.45) is 5.92 Å². The van der Waals surface area contributed by atoms with Crippen LogP contribution in [0.25, 0.3) is 0 Å². The number of aliphatic hydroxyl groups excluding tert-OH is 1. The van der Waals surface area contributed by atoms with E-state index >= 15 is 0 Å². The second-order valence-electron chi connectivity index (χ2n) is 3.59. The second-order valence-corrected chi connectivity index (χ2v) is 3.59. The van der Waals surface area contributed by atoms with E-state index < -0.39 is 30.1 Å². The Labute approximate surface area is 85.7 Å². The van der Waals surface area contributed by atoms with Crippen LogP contribution in [0.2, 0.25) is 0 Å². The molecule has 6 nitrogen and oxygen atoms in total. The van der Waals surface area contributed by atoms with Gasteiger partial charge in [-0.3, -0.25) is 9.69 Å². The molecule has 2 rings (SSSR count). The van der Waals surface area contributed by atoms with E-state index in [1.807, 2.05) is 0 Å². The van der Waals surface area contributed by atoms with Crippen molar-refractivity contribution in [1.82, 2.24) is 4.90 Å². The Morgan fingerprint density at radius 3 is 2.93 bits per heavy atom. The number of carboxylic acids is 1. The average molecular weight is 213 g/mol. The second kappa shape index (κ2) is 3.32. The Morgan fingerprint density at radius 2 is 2.40 bits per heavy atom. The molecule has 1 saturated heterocycles. The van der Waals surface area contributed by atoms with Gasteiger partial charge in [-0.25, -0.2) is 4.79 Å². The molecule has 2 aliphatic heterocycles. The monoisotopic (exact) mass is 213 g/mol. The number of hydrogen-bond donors (Lipinski definition) is 2. The first-order valence-corrected chi connectivity index (χ1v) is 4.60. The number of carbonyl (C=O) groups is 2. The van der Waals surface area contributed by atoms with Crippen molar-refractivity contribution in [2.75, 3.05) is 6.61 Å². The molecule has 0 bridgehead atoms. The third-order valence-electron chi connectivity index (χ3n) is 2.63. The predicted molar refractivity (Wildman–Crippen MR) is 47.5 cm³/mol. The van der Waals surface area contributed by atoms with Gasteiger partial charge in [-0.15, -0.1) is 0 Å². The maximum absolute atomic E-state index is 11.5. The zero-order chi connectivity index (χ0) is 11.2. The lowest BCUT2D eigenvalue weighted by molar-refractivity contribution is -0.202. The molecule has 0 aromatic carbocycles. The number of hydrogen-bond acceptors (Lipinski definition) is 4. The summed E-state index contributed by atoms with van der Waals surface area (Å²) in [5.41, 5.74) is -0.0619. The van der Waals surface area contributed by atoms with Gasteiger partial charge in [0.15, 0.2) is 6.23 Å². The minimum Gasteiger partial charge on any atom is -0.477 e. The van der Waals surface area contributed by atoms with E-state index in [1.54, 1.807) is 0 Å². The van der Waals surface area contributed by atoms with Crippen molar-refractivity contribution in [3.05, 3.63) is 11.8 Å². The summed E-state index contributed by atoms with van der Waals surface area (Å²) in [5.74, 6) is -2.20. The molecule has 2 heterocycles. The first-order valence-electron chi connectivity index (χ1n) is 4.60. The number of amides is 1. The molecule has 2 N–H and O–H groups in total. The van der Waals surface area contributed by atoms with Crippen molar-refractivity contribution in [3.8, 4) is 0 Å². The van der Waals surface area contributed by atoms with Gasteiger partial charge in [0.2, 0.25) is 5.91 Å². The molecule has 0 saturated carbocycles. The Hall–Kier alpha value is -1.40. The lowest BCUT2D eigenvalue weighted by atomic mass is 9.89. The van der Waals surface area contributed by atoms with E-state index in [9.17, 15) is 14.7 Å². The number of aliphatic carboxylic acids is 1. The summed E-state index contributed by atoms with van der Waals surface area (Å²) in [6.45, 7) is 1.64. The van der Waals surface area contributed by atoms with Gasteiger partial charge in [0.1, 0.15) is 11.6 Å². The summed E-state index contributed by atoms with van der Waals surface area (Å²) in [7, 11) is 0. The lowest BCUT2D eigenvalue weighted by Gasteiger charge is -2.49. The van der Waals surface area contributed by atoms with Gasteiger partial charge < -0.3 is 14.9 Å². The van der Waals surface area contributed by atoms with Gasteiger partial charge in [-0.05, 0) is 13.0 Å². The summed E-state index contributed by atoms with van der Waals surface area (Å²) >= 11 is 0. The van der Waals surface area contributed by atoms with Crippen LogP contribution in [0.3, 0.4) is 0 Å². The van der Waals surface area contributed by atoms with Gasteiger partial charge in [0.25, 0.3) is 0 Å². The normalized spacial score (nSPS) is 31.5. The minimum atomic E-state index is -1.15. The van der Waals surface area contributed by atoms with E-state index in [4.69, 9.17) is 9.84 Å². The topological polar surface area (TPSA) is 87.1 Å². The molecule has 0 radical (unpaired) electrons. The molecular weight excluding hydrogens is 202 g/mol. The number of aliphatic hydroxyl groups is 1. The standard InChI is InChI=1S/C9H11NO5/c1-4(11)6-7(12)10-5(9(13)14)2-3-15-8(6)10/h2,4,6,8,11H,3H2,1H3,(H,13,14)/t4-,6-,8-/m1/s1. The third-order valence-corrected chi connectivity index (χ3v) is 2.63. The lowest BCUT2D eigenvalue weighted by Crippen LogP contribution is -2.66. The van der Waals surface area contributed by atoms with Gasteiger partial charge in [0, 0.05) is 0 Å². The van der Waals surface area contributed by atoms with Crippen molar-refractivity contribution >= 4 is 11.9 Å². The average Bonchev–Trinajstić information content (AvgIpc) is 2.15. The van der Waals surface area contributed by atoms with E-state index in [0.717, 1.165) is 4.90 Å². The molecule has 0 unspecified atom stereocenters. The highest BCUT2D eigenvalue weighted by Gasteiger charge is 2.54. The summed E-state index contributed by atoms with van der Waals surface area (Å²) in [5, 5.41) is 18.1. The van der Waals surface area contributed by atoms with Crippen LogP contribution < -0.4 is 0 Å². The highest BCUT2D eigenvalue weighted by molar-refractivity contribution is 5.97. The van der Waals surface area contributed by atoms with E-state index in [-0.39, 0.29) is 12.3 Å². The van der Waals surface area contributed by atoms with E-state index in [2.05, 4.69) is 0 Å². The Balaban J connectivity index is 2.23. The molecule has 15 heavy (non-hydrogen) atoms. The van der Waals surface area contributed by atoms with Crippen LogP contribution in [-0.2, 0) is 14.3 Å². The van der Waals surface area contributed by atoms with E-state index in [1.165, 1.54) is 13.0 Å². The SMILES string of the molecule is C[C@@H](O)[C@@H]1C(=O)N2C(C(=O)O)=CCO[C@H]12. The highest BCUT2D eigenvalue weighted by atomic mass is 16.5. The molecule has 0 spiro atoms. The number of fused-ring (bicyclic) bond motifs is 1. The maximum atomic E-state index is 11.5. The highest BCUT2D eigenvalue weighted by Crippen LogP contribution is 2.36. The molecule has 6 heteroatoms. The van der Waals surface area contributed by atoms with Crippen LogP contribution >= 0.6 is 0 Å². The molecule has 0 aromatic rings. The maximum Gasteiger partial charge on any atom is 0.352 e. The van der Waals surface area contributed by atoms with Crippen LogP contribution in [0.1, 0.15) is 6.92 Å². The smallest absolute Gasteiger partial charge is 0.352 e. The van der Waals surface area contributed by atoms with Crippen molar-refractivity contribution in [1.29, 1.82) is 0 Å². The zero-order valence-electron chi connectivity index (χ0n) is 8.08. The van der Waals surface area contributed by atoms with E-state index in [0.29, 0.717) is 0 Å². The fraction of sp³-hybridized carbons (Fsp3) is 0.556. The van der Waals surface area contributed by atoms with Crippen molar-refractivity contribution < 1.29 is 24.5 Å². The van der Waals surface area contributed by atoms with Crippen molar-refractivity contribution in [3.63, 3.8) is 0 Å². The third kappa shape index (κ3) is 1.33. The molecule has 0 aliphatic carbocycles. The largest absolute Gasteiger partial charge is 0.477 e. The van der Waals surface area contributed by atoms with Gasteiger partial charge in [0.05, 0.1) is 12.7 Å². The molecule has 0 aromatic heterocycles. The fourth-order valence-electron chi connectivity index (χ4n) is 1.88. The Bertz CT molecular complexity index is 348. The Kier molecular flexibility index (Phi) is 2.24. The number of ether oxygens (including phenoxy) is 1. The number of carbonyl (C=O) groups excluding carboxylic acids is 1. The summed E-state index contributed by atoms with van der Waals surface area (Å²) in [4.78, 5) is 23.4. The first-order chi connectivity index (χ1) is 7.04. The zero-order valence-corrected chi connectivity index (χ0v) is 8.08. The first kappa shape index (κ1) is 10.1. The summed E-state index contributed by atoms with van der Waals surface area (Å²) in [6, 6.07) is 0. The molecular formula is C9H11NO5. The summed E-state index contributed by atoms with van der Waals surface area (Å²) < 4.78 is 5.21. The number of rotatable bonds is 2. The van der Waals surface area contributed by atoms with Gasteiger partial charge in [-0.2, -0.15) is 0 Å². The Morgan fingerprint density at radius 1 is 1.73 bits per heavy atom. The summed E-state index contributed by atoms with van der Waals surface area (Å²) in [6.07, 6.45) is -0.116. The van der Waals surface area contributed by atoms with Crippen LogP contribution in [0.4, 0.5) is 0 Å². The van der Waals surface area contributed by atoms with Crippen LogP contribution in [0.15, 0.2) is 11.8 Å². The van der Waals surface area contributed by atoms with Crippen LogP contribution in [0.5, 0.6) is 0 Å². The van der Waals surface area contributed by atoms with Crippen molar-refractivity contribution in [2.45, 2.75) is 19.3 Å². The molecule has 82 valence electrons. The molecule has 1 amide bonds. The molecule has 3 atom stereocenters. The number of nitrogens with zero attached hydrogens (tertiary/aromatic N) is 1. The number of β-lactam (4-membered cyclic amide) rings is 1. The quantitative estimate of drug-likeness (QED) is 0.583. The van der Waals surface area contributed by atoms with Gasteiger partial charge in [-0.1, -0.05) is 0 Å². The predicted octanol–water partition coefficient (Wildman–Crippen LogP) is -0.850. The van der Waals surface area contributed by atoms with Crippen LogP contribution in [0, 0.1) is 5.92 Å². The molecule has 2 aliphatic rings.